The Hall–Kier alpha value is -1.75. The number of ether oxygens (including phenoxy) is 1. The minimum Gasteiger partial charge on any atom is -0.497 e. The fourth-order valence-electron chi connectivity index (χ4n) is 1.52. The maximum Gasteiger partial charge on any atom is 0.153 e. The van der Waals surface area contributed by atoms with Gasteiger partial charge in [-0.15, -0.1) is 0 Å². The van der Waals surface area contributed by atoms with Crippen LogP contribution in [0.25, 0.3) is 0 Å². The van der Waals surface area contributed by atoms with Crippen LogP contribution in [0.1, 0.15) is 5.69 Å². The number of anilines is 3. The summed E-state index contributed by atoms with van der Waals surface area (Å²) >= 11 is 3.47. The number of rotatable bonds is 3. The third-order valence-corrected chi connectivity index (χ3v) is 3.18. The highest BCUT2D eigenvalue weighted by Gasteiger charge is 2.06. The van der Waals surface area contributed by atoms with Gasteiger partial charge in [-0.3, -0.25) is 0 Å². The van der Waals surface area contributed by atoms with Crippen molar-refractivity contribution in [2.75, 3.05) is 18.2 Å². The molecular formula is C13H14BrN3O. The topological polar surface area (TPSA) is 60.2 Å². The van der Waals surface area contributed by atoms with E-state index in [-0.39, 0.29) is 0 Å². The minimum atomic E-state index is 0.607. The van der Waals surface area contributed by atoms with E-state index < -0.39 is 0 Å². The number of halogens is 1. The zero-order valence-electron chi connectivity index (χ0n) is 10.2. The average molecular weight is 308 g/mol. The van der Waals surface area contributed by atoms with E-state index in [1.807, 2.05) is 37.3 Å². The van der Waals surface area contributed by atoms with E-state index in [2.05, 4.69) is 26.2 Å². The Balaban J connectivity index is 2.36. The first kappa shape index (κ1) is 12.7. The Morgan fingerprint density at radius 1 is 1.28 bits per heavy atom. The Morgan fingerprint density at radius 2 is 2.06 bits per heavy atom. The third-order valence-electron chi connectivity index (χ3n) is 2.49. The molecule has 3 N–H and O–H groups in total. The number of methoxy groups -OCH3 is 1. The van der Waals surface area contributed by atoms with E-state index in [4.69, 9.17) is 10.5 Å². The maximum absolute atomic E-state index is 5.89. The molecule has 0 atom stereocenters. The van der Waals surface area contributed by atoms with Crippen molar-refractivity contribution in [1.29, 1.82) is 0 Å². The van der Waals surface area contributed by atoms with Gasteiger partial charge in [-0.05, 0) is 47.1 Å². The van der Waals surface area contributed by atoms with Crippen molar-refractivity contribution in [2.45, 2.75) is 6.92 Å². The first-order valence-electron chi connectivity index (χ1n) is 5.44. The molecule has 0 radical (unpaired) electrons. The lowest BCUT2D eigenvalue weighted by Crippen LogP contribution is -2.01. The summed E-state index contributed by atoms with van der Waals surface area (Å²) in [5.74, 6) is 1.41. The molecule has 5 heteroatoms. The van der Waals surface area contributed by atoms with Gasteiger partial charge in [0.2, 0.25) is 0 Å². The highest BCUT2D eigenvalue weighted by Crippen LogP contribution is 2.30. The van der Waals surface area contributed by atoms with E-state index in [9.17, 15) is 0 Å². The van der Waals surface area contributed by atoms with Gasteiger partial charge in [0.15, 0.2) is 5.82 Å². The van der Waals surface area contributed by atoms with Crippen LogP contribution in [0.15, 0.2) is 34.8 Å². The zero-order chi connectivity index (χ0) is 13.1. The van der Waals surface area contributed by atoms with E-state index in [1.165, 1.54) is 0 Å². The molecule has 0 fully saturated rings. The van der Waals surface area contributed by atoms with Gasteiger partial charge in [-0.25, -0.2) is 4.98 Å². The van der Waals surface area contributed by atoms with E-state index >= 15 is 0 Å². The Kier molecular flexibility index (Phi) is 3.72. The number of nitrogens with zero attached hydrogens (tertiary/aromatic N) is 1. The van der Waals surface area contributed by atoms with Gasteiger partial charge in [0, 0.05) is 16.2 Å². The van der Waals surface area contributed by atoms with E-state index in [1.54, 1.807) is 7.11 Å². The second-order valence-electron chi connectivity index (χ2n) is 3.86. The van der Waals surface area contributed by atoms with Crippen molar-refractivity contribution in [3.8, 4) is 5.75 Å². The van der Waals surface area contributed by atoms with Crippen LogP contribution >= 0.6 is 15.9 Å². The Bertz CT molecular complexity index is 572. The van der Waals surface area contributed by atoms with Crippen LogP contribution in [0.5, 0.6) is 5.75 Å². The summed E-state index contributed by atoms with van der Waals surface area (Å²) in [7, 11) is 1.63. The van der Waals surface area contributed by atoms with Crippen LogP contribution in [-0.2, 0) is 0 Å². The first-order chi connectivity index (χ1) is 8.60. The summed E-state index contributed by atoms with van der Waals surface area (Å²) in [4.78, 5) is 4.37. The molecule has 0 saturated heterocycles. The maximum atomic E-state index is 5.89. The van der Waals surface area contributed by atoms with Crippen molar-refractivity contribution in [2.24, 2.45) is 0 Å². The van der Waals surface area contributed by atoms with Gasteiger partial charge in [0.25, 0.3) is 0 Å². The molecule has 18 heavy (non-hydrogen) atoms. The minimum absolute atomic E-state index is 0.607. The SMILES string of the molecule is COc1ccc(Br)c(Nc2nc(C)ccc2N)c1. The highest BCUT2D eigenvalue weighted by molar-refractivity contribution is 9.10. The van der Waals surface area contributed by atoms with Crippen LogP contribution in [0.3, 0.4) is 0 Å². The van der Waals surface area contributed by atoms with Crippen molar-refractivity contribution in [3.05, 3.63) is 40.5 Å². The molecule has 0 spiro atoms. The molecule has 0 aliphatic heterocycles. The molecule has 0 bridgehead atoms. The van der Waals surface area contributed by atoms with Gasteiger partial charge in [-0.2, -0.15) is 0 Å². The fraction of sp³-hybridized carbons (Fsp3) is 0.154. The lowest BCUT2D eigenvalue weighted by atomic mass is 10.3. The van der Waals surface area contributed by atoms with Gasteiger partial charge in [0.05, 0.1) is 18.5 Å². The van der Waals surface area contributed by atoms with Gasteiger partial charge in [-0.1, -0.05) is 0 Å². The molecular weight excluding hydrogens is 294 g/mol. The summed E-state index contributed by atoms with van der Waals surface area (Å²) in [5.41, 5.74) is 8.26. The molecule has 1 heterocycles. The molecule has 94 valence electrons. The molecule has 0 saturated carbocycles. The summed E-state index contributed by atoms with van der Waals surface area (Å²) in [6, 6.07) is 9.38. The molecule has 0 unspecified atom stereocenters. The fourth-order valence-corrected chi connectivity index (χ4v) is 1.87. The van der Waals surface area contributed by atoms with Crippen LogP contribution in [0, 0.1) is 6.92 Å². The van der Waals surface area contributed by atoms with Gasteiger partial charge < -0.3 is 15.8 Å². The second-order valence-corrected chi connectivity index (χ2v) is 4.72. The third kappa shape index (κ3) is 2.73. The summed E-state index contributed by atoms with van der Waals surface area (Å²) < 4.78 is 6.11. The first-order valence-corrected chi connectivity index (χ1v) is 6.23. The number of nitrogens with one attached hydrogen (secondary N) is 1. The van der Waals surface area contributed by atoms with E-state index in [0.29, 0.717) is 11.5 Å². The number of hydrogen-bond donors (Lipinski definition) is 2. The molecule has 1 aromatic carbocycles. The lowest BCUT2D eigenvalue weighted by molar-refractivity contribution is 0.415. The van der Waals surface area contributed by atoms with Crippen molar-refractivity contribution in [3.63, 3.8) is 0 Å². The normalized spacial score (nSPS) is 10.2. The number of hydrogen-bond acceptors (Lipinski definition) is 4. The second kappa shape index (κ2) is 5.27. The molecule has 0 aliphatic rings. The number of nitrogens with two attached hydrogens (primary N) is 1. The lowest BCUT2D eigenvalue weighted by Gasteiger charge is -2.11. The molecule has 0 amide bonds. The monoisotopic (exact) mass is 307 g/mol. The molecule has 4 nitrogen and oxygen atoms in total. The van der Waals surface area contributed by atoms with Crippen LogP contribution in [-0.4, -0.2) is 12.1 Å². The number of pyridine rings is 1. The van der Waals surface area contributed by atoms with Crippen molar-refractivity contribution < 1.29 is 4.74 Å². The number of benzene rings is 1. The smallest absolute Gasteiger partial charge is 0.153 e. The Labute approximate surface area is 114 Å². The molecule has 1 aromatic heterocycles. The predicted octanol–water partition coefficient (Wildman–Crippen LogP) is 3.49. The van der Waals surface area contributed by atoms with Crippen LogP contribution in [0.2, 0.25) is 0 Å². The van der Waals surface area contributed by atoms with Gasteiger partial charge >= 0.3 is 0 Å². The highest BCUT2D eigenvalue weighted by atomic mass is 79.9. The Morgan fingerprint density at radius 3 is 2.78 bits per heavy atom. The zero-order valence-corrected chi connectivity index (χ0v) is 11.8. The molecule has 2 rings (SSSR count). The molecule has 2 aromatic rings. The summed E-state index contributed by atoms with van der Waals surface area (Å²) in [5, 5.41) is 3.19. The average Bonchev–Trinajstić information content (AvgIpc) is 2.36. The van der Waals surface area contributed by atoms with Crippen LogP contribution < -0.4 is 15.8 Å². The molecule has 0 aliphatic carbocycles. The number of nitrogen functional groups attached to an aromatic ring is 1. The predicted molar refractivity (Wildman–Crippen MR) is 77.4 cm³/mol. The van der Waals surface area contributed by atoms with Crippen molar-refractivity contribution in [1.82, 2.24) is 4.98 Å². The summed E-state index contributed by atoms with van der Waals surface area (Å²) in [6.45, 7) is 1.92. The van der Waals surface area contributed by atoms with E-state index in [0.717, 1.165) is 21.6 Å². The van der Waals surface area contributed by atoms with Crippen LogP contribution in [0.4, 0.5) is 17.2 Å². The summed E-state index contributed by atoms with van der Waals surface area (Å²) in [6.07, 6.45) is 0. The number of aromatic nitrogens is 1. The van der Waals surface area contributed by atoms with Gasteiger partial charge in [0.1, 0.15) is 5.75 Å². The largest absolute Gasteiger partial charge is 0.497 e. The van der Waals surface area contributed by atoms with Crippen molar-refractivity contribution >= 4 is 33.1 Å². The number of aryl methyl sites for hydroxylation is 1. The standard InChI is InChI=1S/C13H14BrN3O/c1-8-3-6-11(15)13(16-8)17-12-7-9(18-2)4-5-10(12)14/h3-7H,15H2,1-2H3,(H,16,17). The quantitative estimate of drug-likeness (QED) is 0.911.